The molecule has 7 nitrogen and oxygen atoms in total. The SMILES string of the molecule is Cc1noc2nc(C(C)C)cc(C(=O)N3CCN(C(=O)c4ccc(Cl)cc4)CC3)c12. The maximum absolute atomic E-state index is 13.3. The van der Waals surface area contributed by atoms with E-state index in [4.69, 9.17) is 16.1 Å². The van der Waals surface area contributed by atoms with Crippen LogP contribution in [0.4, 0.5) is 0 Å². The molecule has 8 heteroatoms. The Morgan fingerprint density at radius 3 is 2.23 bits per heavy atom. The number of piperazine rings is 1. The van der Waals surface area contributed by atoms with Gasteiger partial charge in [-0.1, -0.05) is 30.6 Å². The van der Waals surface area contributed by atoms with E-state index in [0.29, 0.717) is 59.1 Å². The summed E-state index contributed by atoms with van der Waals surface area (Å²) in [5.74, 6) is 0.0106. The lowest BCUT2D eigenvalue weighted by molar-refractivity contribution is 0.0536. The highest BCUT2D eigenvalue weighted by Gasteiger charge is 2.28. The van der Waals surface area contributed by atoms with Crippen LogP contribution < -0.4 is 0 Å². The molecule has 156 valence electrons. The topological polar surface area (TPSA) is 79.5 Å². The van der Waals surface area contributed by atoms with Gasteiger partial charge < -0.3 is 14.3 Å². The number of carbonyl (C=O) groups excluding carboxylic acids is 2. The van der Waals surface area contributed by atoms with Gasteiger partial charge in [0.2, 0.25) is 0 Å². The van der Waals surface area contributed by atoms with E-state index in [9.17, 15) is 9.59 Å². The summed E-state index contributed by atoms with van der Waals surface area (Å²) in [5, 5.41) is 5.24. The Balaban J connectivity index is 1.53. The zero-order valence-corrected chi connectivity index (χ0v) is 17.9. The van der Waals surface area contributed by atoms with Gasteiger partial charge >= 0.3 is 0 Å². The second-order valence-electron chi connectivity index (χ2n) is 7.79. The summed E-state index contributed by atoms with van der Waals surface area (Å²) in [6.07, 6.45) is 0. The molecule has 1 aromatic carbocycles. The number of fused-ring (bicyclic) bond motifs is 1. The van der Waals surface area contributed by atoms with Crippen molar-refractivity contribution in [3.05, 3.63) is 57.9 Å². The van der Waals surface area contributed by atoms with E-state index in [0.717, 1.165) is 5.69 Å². The second kappa shape index (κ2) is 8.07. The molecule has 0 atom stereocenters. The predicted octanol–water partition coefficient (Wildman–Crippen LogP) is 3.91. The molecule has 1 aliphatic heterocycles. The molecule has 30 heavy (non-hydrogen) atoms. The Hall–Kier alpha value is -2.93. The quantitative estimate of drug-likeness (QED) is 0.634. The van der Waals surface area contributed by atoms with Gasteiger partial charge in [-0.15, -0.1) is 0 Å². The van der Waals surface area contributed by atoms with Crippen molar-refractivity contribution in [1.29, 1.82) is 0 Å². The van der Waals surface area contributed by atoms with Gasteiger partial charge in [-0.3, -0.25) is 9.59 Å². The largest absolute Gasteiger partial charge is 0.336 e. The summed E-state index contributed by atoms with van der Waals surface area (Å²) in [7, 11) is 0. The van der Waals surface area contributed by atoms with E-state index in [1.807, 2.05) is 26.8 Å². The summed E-state index contributed by atoms with van der Waals surface area (Å²) in [6.45, 7) is 7.72. The Morgan fingerprint density at radius 2 is 1.63 bits per heavy atom. The molecular weight excluding hydrogens is 404 g/mol. The van der Waals surface area contributed by atoms with E-state index < -0.39 is 0 Å². The van der Waals surface area contributed by atoms with Gasteiger partial charge in [0.05, 0.1) is 16.6 Å². The van der Waals surface area contributed by atoms with Crippen LogP contribution in [0.3, 0.4) is 0 Å². The normalized spacial score (nSPS) is 14.6. The molecule has 0 bridgehead atoms. The van der Waals surface area contributed by atoms with Gasteiger partial charge in [0, 0.05) is 42.5 Å². The number of hydrogen-bond acceptors (Lipinski definition) is 5. The second-order valence-corrected chi connectivity index (χ2v) is 8.23. The minimum absolute atomic E-state index is 0.0537. The third-order valence-electron chi connectivity index (χ3n) is 5.40. The molecule has 0 aliphatic carbocycles. The lowest BCUT2D eigenvalue weighted by Crippen LogP contribution is -2.50. The Kier molecular flexibility index (Phi) is 5.47. The van der Waals surface area contributed by atoms with Gasteiger partial charge in [0.1, 0.15) is 0 Å². The minimum Gasteiger partial charge on any atom is -0.336 e. The molecule has 4 rings (SSSR count). The van der Waals surface area contributed by atoms with Gasteiger partial charge in [-0.2, -0.15) is 0 Å². The highest BCUT2D eigenvalue weighted by Crippen LogP contribution is 2.26. The fourth-order valence-corrected chi connectivity index (χ4v) is 3.76. The lowest BCUT2D eigenvalue weighted by atomic mass is 10.0. The Morgan fingerprint density at radius 1 is 1.03 bits per heavy atom. The molecular formula is C22H23ClN4O3. The molecule has 0 N–H and O–H groups in total. The van der Waals surface area contributed by atoms with Crippen LogP contribution in [-0.4, -0.2) is 57.9 Å². The molecule has 0 saturated carbocycles. The van der Waals surface area contributed by atoms with E-state index in [1.165, 1.54) is 0 Å². The van der Waals surface area contributed by atoms with Gasteiger partial charge in [-0.25, -0.2) is 4.98 Å². The molecule has 2 aromatic heterocycles. The van der Waals surface area contributed by atoms with Gasteiger partial charge in [0.15, 0.2) is 0 Å². The number of rotatable bonds is 3. The Bertz CT molecular complexity index is 1100. The molecule has 2 amide bonds. The first-order chi connectivity index (χ1) is 14.3. The first kappa shape index (κ1) is 20.3. The smallest absolute Gasteiger partial charge is 0.259 e. The molecule has 3 heterocycles. The van der Waals surface area contributed by atoms with E-state index in [2.05, 4.69) is 10.1 Å². The highest BCUT2D eigenvalue weighted by atomic mass is 35.5. The first-order valence-corrected chi connectivity index (χ1v) is 10.3. The fourth-order valence-electron chi connectivity index (χ4n) is 3.64. The zero-order chi connectivity index (χ0) is 21.4. The minimum atomic E-state index is -0.0887. The number of benzene rings is 1. The van der Waals surface area contributed by atoms with Crippen LogP contribution in [0.15, 0.2) is 34.9 Å². The molecule has 1 fully saturated rings. The van der Waals surface area contributed by atoms with Crippen LogP contribution in [0, 0.1) is 6.92 Å². The maximum atomic E-state index is 13.3. The summed E-state index contributed by atoms with van der Waals surface area (Å²) in [4.78, 5) is 34.1. The van der Waals surface area contributed by atoms with E-state index in [1.54, 1.807) is 34.1 Å². The average molecular weight is 427 g/mol. The van der Waals surface area contributed by atoms with E-state index in [-0.39, 0.29) is 17.7 Å². The highest BCUT2D eigenvalue weighted by molar-refractivity contribution is 6.30. The average Bonchev–Trinajstić information content (AvgIpc) is 3.13. The number of carbonyl (C=O) groups is 2. The van der Waals surface area contributed by atoms with Crippen molar-refractivity contribution in [2.24, 2.45) is 0 Å². The number of aromatic nitrogens is 2. The third kappa shape index (κ3) is 3.77. The van der Waals surface area contributed by atoms with Crippen molar-refractivity contribution in [1.82, 2.24) is 19.9 Å². The Labute approximate surface area is 179 Å². The van der Waals surface area contributed by atoms with Gasteiger partial charge in [-0.05, 0) is 43.2 Å². The first-order valence-electron chi connectivity index (χ1n) is 9.96. The summed E-state index contributed by atoms with van der Waals surface area (Å²) >= 11 is 5.90. The molecule has 3 aromatic rings. The summed E-state index contributed by atoms with van der Waals surface area (Å²) in [6, 6.07) is 8.69. The molecule has 0 spiro atoms. The van der Waals surface area contributed by atoms with Crippen LogP contribution in [0.2, 0.25) is 5.02 Å². The number of nitrogens with zero attached hydrogens (tertiary/aromatic N) is 4. The van der Waals surface area contributed by atoms with Crippen molar-refractivity contribution in [2.75, 3.05) is 26.2 Å². The van der Waals surface area contributed by atoms with Crippen LogP contribution in [0.5, 0.6) is 0 Å². The monoisotopic (exact) mass is 426 g/mol. The molecule has 1 aliphatic rings. The predicted molar refractivity (Wildman–Crippen MR) is 114 cm³/mol. The number of hydrogen-bond donors (Lipinski definition) is 0. The van der Waals surface area contributed by atoms with Crippen LogP contribution >= 0.6 is 11.6 Å². The standard InChI is InChI=1S/C22H23ClN4O3/c1-13(2)18-12-17(19-14(3)25-30-20(19)24-18)22(29)27-10-8-26(9-11-27)21(28)15-4-6-16(23)7-5-15/h4-7,12-13H,8-11H2,1-3H3. The summed E-state index contributed by atoms with van der Waals surface area (Å²) < 4.78 is 5.33. The zero-order valence-electron chi connectivity index (χ0n) is 17.2. The number of halogens is 1. The third-order valence-corrected chi connectivity index (χ3v) is 5.66. The van der Waals surface area contributed by atoms with Gasteiger partial charge in [0.25, 0.3) is 17.5 Å². The fraction of sp³-hybridized carbons (Fsp3) is 0.364. The molecule has 0 radical (unpaired) electrons. The molecule has 0 unspecified atom stereocenters. The maximum Gasteiger partial charge on any atom is 0.259 e. The van der Waals surface area contributed by atoms with Crippen molar-refractivity contribution >= 4 is 34.5 Å². The van der Waals surface area contributed by atoms with Crippen molar-refractivity contribution in [2.45, 2.75) is 26.7 Å². The number of pyridine rings is 1. The molecule has 1 saturated heterocycles. The van der Waals surface area contributed by atoms with Crippen molar-refractivity contribution < 1.29 is 14.1 Å². The van der Waals surface area contributed by atoms with Crippen LogP contribution in [-0.2, 0) is 0 Å². The number of aryl methyl sites for hydroxylation is 1. The van der Waals surface area contributed by atoms with E-state index >= 15 is 0 Å². The van der Waals surface area contributed by atoms with Crippen molar-refractivity contribution in [3.8, 4) is 0 Å². The lowest BCUT2D eigenvalue weighted by Gasteiger charge is -2.35. The van der Waals surface area contributed by atoms with Crippen LogP contribution in [0.25, 0.3) is 11.1 Å². The summed E-state index contributed by atoms with van der Waals surface area (Å²) in [5.41, 5.74) is 2.97. The van der Waals surface area contributed by atoms with Crippen LogP contribution in [0.1, 0.15) is 51.9 Å². The number of amides is 2. The van der Waals surface area contributed by atoms with Crippen molar-refractivity contribution in [3.63, 3.8) is 0 Å².